The van der Waals surface area contributed by atoms with E-state index in [0.717, 1.165) is 0 Å². The highest BCUT2D eigenvalue weighted by molar-refractivity contribution is 4.84. The average molecular weight is 242 g/mol. The number of hydrogen-bond donors (Lipinski definition) is 2. The molecule has 16 heavy (non-hydrogen) atoms. The predicted molar refractivity (Wildman–Crippen MR) is 56.7 cm³/mol. The Bertz CT molecular complexity index is 195. The first-order valence-corrected chi connectivity index (χ1v) is 5.39. The first-order valence-electron chi connectivity index (χ1n) is 5.39. The predicted octanol–water partition coefficient (Wildman–Crippen LogP) is 2.37. The van der Waals surface area contributed by atoms with Gasteiger partial charge in [-0.3, -0.25) is 11.3 Å². The summed E-state index contributed by atoms with van der Waals surface area (Å²) < 4.78 is 41.4. The van der Waals surface area contributed by atoms with Crippen LogP contribution in [0.1, 0.15) is 40.0 Å². The third kappa shape index (κ3) is 6.30. The second-order valence-corrected chi connectivity index (χ2v) is 4.26. The van der Waals surface area contributed by atoms with Gasteiger partial charge in [0.2, 0.25) is 0 Å². The third-order valence-electron chi connectivity index (χ3n) is 2.51. The molecule has 0 spiro atoms. The maximum atomic E-state index is 12.0. The van der Waals surface area contributed by atoms with E-state index in [-0.39, 0.29) is 12.5 Å². The second kappa shape index (κ2) is 6.42. The van der Waals surface area contributed by atoms with Crippen LogP contribution in [0.25, 0.3) is 0 Å². The van der Waals surface area contributed by atoms with E-state index in [4.69, 9.17) is 10.6 Å². The van der Waals surface area contributed by atoms with Crippen LogP contribution in [0.2, 0.25) is 0 Å². The Kier molecular flexibility index (Phi) is 6.28. The highest BCUT2D eigenvalue weighted by Crippen LogP contribution is 2.25. The zero-order valence-corrected chi connectivity index (χ0v) is 10.0. The lowest BCUT2D eigenvalue weighted by atomic mass is 9.94. The molecule has 0 saturated heterocycles. The molecule has 0 bridgehead atoms. The van der Waals surface area contributed by atoms with Gasteiger partial charge in [0.05, 0.1) is 5.60 Å². The van der Waals surface area contributed by atoms with Crippen molar-refractivity contribution in [3.8, 4) is 0 Å². The Hall–Kier alpha value is -0.330. The van der Waals surface area contributed by atoms with Crippen LogP contribution in [0.5, 0.6) is 0 Å². The molecule has 0 aromatic carbocycles. The van der Waals surface area contributed by atoms with Gasteiger partial charge in [0.15, 0.2) is 0 Å². The van der Waals surface area contributed by atoms with Crippen molar-refractivity contribution in [2.24, 2.45) is 5.84 Å². The van der Waals surface area contributed by atoms with Gasteiger partial charge < -0.3 is 4.74 Å². The standard InChI is InChI=1S/C10H21F3N2O/c1-4-16-9(2,3)8(15-14)6-5-7-10(11,12)13/h8,15H,4-7,14H2,1-3H3. The van der Waals surface area contributed by atoms with Gasteiger partial charge >= 0.3 is 6.18 Å². The van der Waals surface area contributed by atoms with Crippen molar-refractivity contribution in [2.75, 3.05) is 6.61 Å². The van der Waals surface area contributed by atoms with E-state index < -0.39 is 18.2 Å². The molecule has 0 fully saturated rings. The molecule has 6 heteroatoms. The van der Waals surface area contributed by atoms with Crippen LogP contribution in [0.15, 0.2) is 0 Å². The fourth-order valence-electron chi connectivity index (χ4n) is 1.61. The van der Waals surface area contributed by atoms with Crippen LogP contribution in [0, 0.1) is 0 Å². The molecule has 0 aliphatic carbocycles. The Labute approximate surface area is 94.5 Å². The number of hydrogen-bond acceptors (Lipinski definition) is 3. The molecule has 0 aromatic rings. The van der Waals surface area contributed by atoms with Gasteiger partial charge in [-0.25, -0.2) is 0 Å². The summed E-state index contributed by atoms with van der Waals surface area (Å²) in [6.07, 6.45) is -4.50. The summed E-state index contributed by atoms with van der Waals surface area (Å²) in [5.74, 6) is 5.33. The normalized spacial score (nSPS) is 15.2. The fraction of sp³-hybridized carbons (Fsp3) is 1.00. The third-order valence-corrected chi connectivity index (χ3v) is 2.51. The van der Waals surface area contributed by atoms with Gasteiger partial charge in [-0.1, -0.05) is 0 Å². The van der Waals surface area contributed by atoms with Crippen LogP contribution in [0.4, 0.5) is 13.2 Å². The molecule has 0 aliphatic rings. The Balaban J connectivity index is 4.10. The Morgan fingerprint density at radius 3 is 2.25 bits per heavy atom. The summed E-state index contributed by atoms with van der Waals surface area (Å²) in [6, 6.07) is -0.283. The lowest BCUT2D eigenvalue weighted by Crippen LogP contribution is -2.51. The molecule has 3 N–H and O–H groups in total. The smallest absolute Gasteiger partial charge is 0.374 e. The van der Waals surface area contributed by atoms with E-state index >= 15 is 0 Å². The Morgan fingerprint density at radius 2 is 1.88 bits per heavy atom. The molecule has 1 atom stereocenters. The maximum absolute atomic E-state index is 12.0. The SMILES string of the molecule is CCOC(C)(C)C(CCCC(F)(F)F)NN. The molecule has 0 radical (unpaired) electrons. The minimum absolute atomic E-state index is 0.0505. The summed E-state index contributed by atoms with van der Waals surface area (Å²) in [5.41, 5.74) is 1.96. The molecule has 1 unspecified atom stereocenters. The van der Waals surface area contributed by atoms with Crippen molar-refractivity contribution in [2.45, 2.75) is 57.9 Å². The number of nitrogens with one attached hydrogen (secondary N) is 1. The summed E-state index contributed by atoms with van der Waals surface area (Å²) in [7, 11) is 0. The van der Waals surface area contributed by atoms with Gasteiger partial charge in [0, 0.05) is 19.1 Å². The van der Waals surface area contributed by atoms with Crippen LogP contribution < -0.4 is 11.3 Å². The average Bonchev–Trinajstić information content (AvgIpc) is 2.10. The van der Waals surface area contributed by atoms with Crippen molar-refractivity contribution in [3.63, 3.8) is 0 Å². The highest BCUT2D eigenvalue weighted by atomic mass is 19.4. The first-order chi connectivity index (χ1) is 7.23. The number of halogens is 3. The molecule has 0 aromatic heterocycles. The zero-order chi connectivity index (χ0) is 12.8. The van der Waals surface area contributed by atoms with Crippen molar-refractivity contribution in [1.82, 2.24) is 5.43 Å². The van der Waals surface area contributed by atoms with Crippen LogP contribution in [-0.2, 0) is 4.74 Å². The monoisotopic (exact) mass is 242 g/mol. The summed E-state index contributed by atoms with van der Waals surface area (Å²) in [6.45, 7) is 5.97. The van der Waals surface area contributed by atoms with Gasteiger partial charge in [0.25, 0.3) is 0 Å². The molecule has 0 aliphatic heterocycles. The van der Waals surface area contributed by atoms with Crippen molar-refractivity contribution in [1.29, 1.82) is 0 Å². The highest BCUT2D eigenvalue weighted by Gasteiger charge is 2.31. The van der Waals surface area contributed by atoms with Crippen molar-refractivity contribution < 1.29 is 17.9 Å². The maximum Gasteiger partial charge on any atom is 0.389 e. The van der Waals surface area contributed by atoms with E-state index in [1.807, 2.05) is 20.8 Å². The second-order valence-electron chi connectivity index (χ2n) is 4.26. The summed E-state index contributed by atoms with van der Waals surface area (Å²) >= 11 is 0. The van der Waals surface area contributed by atoms with Gasteiger partial charge in [0.1, 0.15) is 0 Å². The zero-order valence-electron chi connectivity index (χ0n) is 10.0. The van der Waals surface area contributed by atoms with Crippen molar-refractivity contribution >= 4 is 0 Å². The molecular weight excluding hydrogens is 221 g/mol. The van der Waals surface area contributed by atoms with Gasteiger partial charge in [-0.15, -0.1) is 0 Å². The lowest BCUT2D eigenvalue weighted by molar-refractivity contribution is -0.137. The number of hydrazine groups is 1. The molecule has 0 rings (SSSR count). The summed E-state index contributed by atoms with van der Waals surface area (Å²) in [5, 5.41) is 0. The molecule has 98 valence electrons. The van der Waals surface area contributed by atoms with Gasteiger partial charge in [-0.2, -0.15) is 13.2 Å². The van der Waals surface area contributed by atoms with Crippen LogP contribution >= 0.6 is 0 Å². The number of nitrogens with two attached hydrogens (primary N) is 1. The topological polar surface area (TPSA) is 47.3 Å². The quantitative estimate of drug-likeness (QED) is 0.532. The van der Waals surface area contributed by atoms with Crippen molar-refractivity contribution in [3.05, 3.63) is 0 Å². The van der Waals surface area contributed by atoms with E-state index in [1.165, 1.54) is 0 Å². The molecule has 0 saturated carbocycles. The number of rotatable bonds is 7. The molecular formula is C10H21F3N2O. The van der Waals surface area contributed by atoms with Crippen LogP contribution in [-0.4, -0.2) is 24.4 Å². The first kappa shape index (κ1) is 15.7. The summed E-state index contributed by atoms with van der Waals surface area (Å²) in [4.78, 5) is 0. The van der Waals surface area contributed by atoms with E-state index in [0.29, 0.717) is 13.0 Å². The number of ether oxygens (including phenoxy) is 1. The Morgan fingerprint density at radius 1 is 1.31 bits per heavy atom. The van der Waals surface area contributed by atoms with E-state index in [2.05, 4.69) is 5.43 Å². The molecule has 3 nitrogen and oxygen atoms in total. The fourth-order valence-corrected chi connectivity index (χ4v) is 1.61. The van der Waals surface area contributed by atoms with Crippen LogP contribution in [0.3, 0.4) is 0 Å². The van der Waals surface area contributed by atoms with Gasteiger partial charge in [-0.05, 0) is 33.6 Å². The largest absolute Gasteiger partial charge is 0.389 e. The van der Waals surface area contributed by atoms with E-state index in [9.17, 15) is 13.2 Å². The lowest BCUT2D eigenvalue weighted by Gasteiger charge is -2.33. The minimum Gasteiger partial charge on any atom is -0.374 e. The minimum atomic E-state index is -4.10. The van der Waals surface area contributed by atoms with E-state index in [1.54, 1.807) is 0 Å². The molecule has 0 amide bonds. The molecule has 0 heterocycles. The number of alkyl halides is 3.